The third-order valence-electron chi connectivity index (χ3n) is 4.52. The van der Waals surface area contributed by atoms with Gasteiger partial charge in [0.25, 0.3) is 5.91 Å². The van der Waals surface area contributed by atoms with E-state index in [1.165, 1.54) is 36.1 Å². The SMILES string of the molecule is O=C(O)Cc1c(C(=O)NCc2cccs2)nc2c(C(F)(F)F)cc(-c3ccoc3)cn12. The molecule has 0 aromatic carbocycles. The number of carboxylic acid groups (broad SMARTS) is 1. The van der Waals surface area contributed by atoms with Gasteiger partial charge in [-0.15, -0.1) is 11.3 Å². The highest BCUT2D eigenvalue weighted by Crippen LogP contribution is 2.36. The molecule has 11 heteroatoms. The highest BCUT2D eigenvalue weighted by molar-refractivity contribution is 7.09. The molecule has 4 heterocycles. The number of hydrogen-bond acceptors (Lipinski definition) is 5. The van der Waals surface area contributed by atoms with Crippen LogP contribution in [0.15, 0.2) is 52.8 Å². The highest BCUT2D eigenvalue weighted by atomic mass is 32.1. The summed E-state index contributed by atoms with van der Waals surface area (Å²) < 4.78 is 47.3. The zero-order valence-corrected chi connectivity index (χ0v) is 16.5. The molecule has 0 aliphatic rings. The summed E-state index contributed by atoms with van der Waals surface area (Å²) in [6.07, 6.45) is -1.57. The van der Waals surface area contributed by atoms with Crippen molar-refractivity contribution in [3.05, 3.63) is 70.2 Å². The van der Waals surface area contributed by atoms with Crippen molar-refractivity contribution in [3.63, 3.8) is 0 Å². The molecule has 0 bridgehead atoms. The van der Waals surface area contributed by atoms with Crippen LogP contribution in [-0.2, 0) is 23.9 Å². The van der Waals surface area contributed by atoms with Crippen LogP contribution >= 0.6 is 11.3 Å². The van der Waals surface area contributed by atoms with Gasteiger partial charge in [-0.05, 0) is 23.6 Å². The number of aromatic nitrogens is 2. The summed E-state index contributed by atoms with van der Waals surface area (Å²) in [6, 6.07) is 5.94. The van der Waals surface area contributed by atoms with E-state index in [9.17, 15) is 27.9 Å². The van der Waals surface area contributed by atoms with Crippen LogP contribution in [0.2, 0.25) is 0 Å². The quantitative estimate of drug-likeness (QED) is 0.459. The number of carboxylic acids is 1. The Morgan fingerprint density at radius 3 is 2.68 bits per heavy atom. The Morgan fingerprint density at radius 2 is 2.06 bits per heavy atom. The molecule has 0 aliphatic carbocycles. The molecule has 0 saturated carbocycles. The number of pyridine rings is 1. The molecule has 4 aromatic rings. The molecule has 4 rings (SSSR count). The van der Waals surface area contributed by atoms with E-state index in [0.717, 1.165) is 15.3 Å². The summed E-state index contributed by atoms with van der Waals surface area (Å²) in [6.45, 7) is 0.142. The number of fused-ring (bicyclic) bond motifs is 1. The van der Waals surface area contributed by atoms with Gasteiger partial charge in [-0.1, -0.05) is 6.07 Å². The lowest BCUT2D eigenvalue weighted by Crippen LogP contribution is -2.24. The predicted octanol–water partition coefficient (Wildman–Crippen LogP) is 4.23. The number of hydrogen-bond donors (Lipinski definition) is 2. The summed E-state index contributed by atoms with van der Waals surface area (Å²) >= 11 is 1.39. The van der Waals surface area contributed by atoms with Crippen molar-refractivity contribution in [1.29, 1.82) is 0 Å². The minimum atomic E-state index is -4.78. The molecule has 0 unspecified atom stereocenters. The molecule has 31 heavy (non-hydrogen) atoms. The number of nitrogens with zero attached hydrogens (tertiary/aromatic N) is 2. The monoisotopic (exact) mass is 449 g/mol. The van der Waals surface area contributed by atoms with E-state index < -0.39 is 35.7 Å². The fraction of sp³-hybridized carbons (Fsp3) is 0.150. The lowest BCUT2D eigenvalue weighted by molar-refractivity contribution is -0.137. The summed E-state index contributed by atoms with van der Waals surface area (Å²) in [5.41, 5.74) is -1.64. The van der Waals surface area contributed by atoms with Crippen molar-refractivity contribution < 1.29 is 32.3 Å². The average Bonchev–Trinajstić information content (AvgIpc) is 3.45. The fourth-order valence-electron chi connectivity index (χ4n) is 3.15. The van der Waals surface area contributed by atoms with E-state index in [2.05, 4.69) is 10.3 Å². The highest BCUT2D eigenvalue weighted by Gasteiger charge is 2.36. The van der Waals surface area contributed by atoms with Crippen LogP contribution in [0.1, 0.15) is 26.6 Å². The lowest BCUT2D eigenvalue weighted by atomic mass is 10.1. The number of carbonyl (C=O) groups excluding carboxylic acids is 1. The second-order valence-corrected chi connectivity index (χ2v) is 7.62. The molecule has 0 spiro atoms. The van der Waals surface area contributed by atoms with Crippen LogP contribution in [-0.4, -0.2) is 26.4 Å². The average molecular weight is 449 g/mol. The van der Waals surface area contributed by atoms with Gasteiger partial charge in [-0.25, -0.2) is 4.98 Å². The second-order valence-electron chi connectivity index (χ2n) is 6.59. The molecule has 4 aromatic heterocycles. The maximum Gasteiger partial charge on any atom is 0.420 e. The first-order valence-electron chi connectivity index (χ1n) is 8.91. The fourth-order valence-corrected chi connectivity index (χ4v) is 3.79. The first-order valence-corrected chi connectivity index (χ1v) is 9.79. The first-order chi connectivity index (χ1) is 14.7. The van der Waals surface area contributed by atoms with Crippen LogP contribution in [0.25, 0.3) is 16.8 Å². The zero-order chi connectivity index (χ0) is 22.2. The molecule has 0 fully saturated rings. The van der Waals surface area contributed by atoms with Crippen LogP contribution < -0.4 is 5.32 Å². The normalized spacial score (nSPS) is 11.7. The van der Waals surface area contributed by atoms with Crippen molar-refractivity contribution >= 4 is 28.9 Å². The zero-order valence-electron chi connectivity index (χ0n) is 15.6. The van der Waals surface area contributed by atoms with Gasteiger partial charge in [0.1, 0.15) is 5.65 Å². The standard InChI is InChI=1S/C20H14F3N3O4S/c21-20(22,23)14-6-12(11-3-4-30-10-11)9-26-15(7-16(27)28)17(25-18(14)26)19(29)24-8-13-2-1-5-31-13/h1-6,9-10H,7-8H2,(H,24,29)(H,27,28). The smallest absolute Gasteiger partial charge is 0.420 e. The Kier molecular flexibility index (Phi) is 5.27. The van der Waals surface area contributed by atoms with E-state index in [-0.39, 0.29) is 23.5 Å². The van der Waals surface area contributed by atoms with Gasteiger partial charge in [0.2, 0.25) is 0 Å². The lowest BCUT2D eigenvalue weighted by Gasteiger charge is -2.11. The Hall–Kier alpha value is -3.60. The number of nitrogens with one attached hydrogen (secondary N) is 1. The molecule has 0 saturated heterocycles. The molecule has 160 valence electrons. The molecular formula is C20H14F3N3O4S. The van der Waals surface area contributed by atoms with Gasteiger partial charge in [0.15, 0.2) is 5.69 Å². The van der Waals surface area contributed by atoms with Crippen LogP contribution in [0.3, 0.4) is 0 Å². The molecule has 7 nitrogen and oxygen atoms in total. The minimum absolute atomic E-state index is 0.142. The van der Waals surface area contributed by atoms with E-state index in [1.54, 1.807) is 12.1 Å². The van der Waals surface area contributed by atoms with E-state index in [4.69, 9.17) is 4.42 Å². The van der Waals surface area contributed by atoms with Crippen molar-refractivity contribution in [1.82, 2.24) is 14.7 Å². The van der Waals surface area contributed by atoms with Crippen LogP contribution in [0, 0.1) is 0 Å². The number of carbonyl (C=O) groups is 2. The van der Waals surface area contributed by atoms with Gasteiger partial charge in [-0.2, -0.15) is 13.2 Å². The number of thiophene rings is 1. The van der Waals surface area contributed by atoms with E-state index >= 15 is 0 Å². The van der Waals surface area contributed by atoms with E-state index in [0.29, 0.717) is 5.56 Å². The molecule has 1 amide bonds. The van der Waals surface area contributed by atoms with Crippen LogP contribution in [0.4, 0.5) is 13.2 Å². The third-order valence-corrected chi connectivity index (χ3v) is 5.39. The summed E-state index contributed by atoms with van der Waals surface area (Å²) in [7, 11) is 0. The molecule has 0 radical (unpaired) electrons. The number of rotatable bonds is 6. The van der Waals surface area contributed by atoms with Gasteiger partial charge < -0.3 is 19.2 Å². The summed E-state index contributed by atoms with van der Waals surface area (Å²) in [4.78, 5) is 28.9. The van der Waals surface area contributed by atoms with Crippen LogP contribution in [0.5, 0.6) is 0 Å². The van der Waals surface area contributed by atoms with Crippen molar-refractivity contribution in [2.24, 2.45) is 0 Å². The van der Waals surface area contributed by atoms with Gasteiger partial charge in [0.05, 0.1) is 36.7 Å². The van der Waals surface area contributed by atoms with Crippen molar-refractivity contribution in [2.75, 3.05) is 0 Å². The number of aliphatic carboxylic acids is 1. The Balaban J connectivity index is 1.87. The molecular weight excluding hydrogens is 435 g/mol. The number of amides is 1. The van der Waals surface area contributed by atoms with Crippen molar-refractivity contribution in [2.45, 2.75) is 19.1 Å². The maximum absolute atomic E-state index is 13.8. The summed E-state index contributed by atoms with van der Waals surface area (Å²) in [5.74, 6) is -2.07. The first kappa shape index (κ1) is 20.7. The Bertz CT molecular complexity index is 1250. The molecule has 0 aliphatic heterocycles. The predicted molar refractivity (Wildman–Crippen MR) is 105 cm³/mol. The number of furan rings is 1. The topological polar surface area (TPSA) is 96.8 Å². The molecule has 0 atom stereocenters. The minimum Gasteiger partial charge on any atom is -0.481 e. The van der Waals surface area contributed by atoms with Crippen molar-refractivity contribution in [3.8, 4) is 11.1 Å². The van der Waals surface area contributed by atoms with E-state index in [1.807, 2.05) is 5.38 Å². The van der Waals surface area contributed by atoms with Gasteiger partial charge >= 0.3 is 12.1 Å². The third kappa shape index (κ3) is 4.17. The summed E-state index contributed by atoms with van der Waals surface area (Å²) in [5, 5.41) is 13.7. The number of imidazole rings is 1. The number of alkyl halides is 3. The van der Waals surface area contributed by atoms with Gasteiger partial charge in [0, 0.05) is 22.2 Å². The molecule has 2 N–H and O–H groups in total. The largest absolute Gasteiger partial charge is 0.481 e. The Morgan fingerprint density at radius 1 is 1.26 bits per heavy atom. The number of halogens is 3. The maximum atomic E-state index is 13.8. The Labute approximate surface area is 176 Å². The van der Waals surface area contributed by atoms with Gasteiger partial charge in [-0.3, -0.25) is 9.59 Å². The second kappa shape index (κ2) is 7.91.